The van der Waals surface area contributed by atoms with Gasteiger partial charge in [0.25, 0.3) is 0 Å². The maximum Gasteiger partial charge on any atom is 0.234 e. The molecule has 2 heterocycles. The molecule has 7 heteroatoms. The Balaban J connectivity index is 1.63. The van der Waals surface area contributed by atoms with Gasteiger partial charge < -0.3 is 9.80 Å². The number of amides is 2. The van der Waals surface area contributed by atoms with Crippen LogP contribution in [0.2, 0.25) is 0 Å². The summed E-state index contributed by atoms with van der Waals surface area (Å²) in [7, 11) is 3.98. The Morgan fingerprint density at radius 1 is 1.13 bits per heavy atom. The molecule has 3 aromatic rings. The quantitative estimate of drug-likeness (QED) is 0.589. The van der Waals surface area contributed by atoms with E-state index < -0.39 is 0 Å². The Morgan fingerprint density at radius 3 is 2.58 bits per heavy atom. The molecule has 162 valence electrons. The fourth-order valence-corrected chi connectivity index (χ4v) is 4.94. The summed E-state index contributed by atoms with van der Waals surface area (Å²) in [5, 5.41) is 0.709. The standard InChI is InChI=1S/C24H28N4O2S/c1-16-10-11-20-22(17(16)2)25-24(31-20)27(13-12-26(3)4)23(30)18-14-21(29)28(15-18)19-8-6-5-7-9-19/h5-11,18H,12-15H2,1-4H3. The minimum Gasteiger partial charge on any atom is -0.312 e. The number of hydrogen-bond donors (Lipinski definition) is 0. The molecule has 31 heavy (non-hydrogen) atoms. The smallest absolute Gasteiger partial charge is 0.234 e. The van der Waals surface area contributed by atoms with Crippen LogP contribution in [0.5, 0.6) is 0 Å². The highest BCUT2D eigenvalue weighted by Gasteiger charge is 2.38. The number of benzene rings is 2. The summed E-state index contributed by atoms with van der Waals surface area (Å²) in [6.45, 7) is 5.82. The van der Waals surface area contributed by atoms with Gasteiger partial charge in [-0.2, -0.15) is 0 Å². The number of hydrogen-bond acceptors (Lipinski definition) is 5. The summed E-state index contributed by atoms with van der Waals surface area (Å²) in [6, 6.07) is 13.7. The lowest BCUT2D eigenvalue weighted by molar-refractivity contribution is -0.124. The number of thiazole rings is 1. The second-order valence-electron chi connectivity index (χ2n) is 8.38. The van der Waals surface area contributed by atoms with E-state index in [0.29, 0.717) is 18.2 Å². The largest absolute Gasteiger partial charge is 0.312 e. The highest BCUT2D eigenvalue weighted by atomic mass is 32.1. The van der Waals surface area contributed by atoms with E-state index >= 15 is 0 Å². The molecule has 2 amide bonds. The number of rotatable bonds is 6. The van der Waals surface area contributed by atoms with E-state index in [9.17, 15) is 9.59 Å². The minimum absolute atomic E-state index is 0.00659. The van der Waals surface area contributed by atoms with Gasteiger partial charge in [-0.05, 0) is 57.3 Å². The van der Waals surface area contributed by atoms with Crippen molar-refractivity contribution in [2.45, 2.75) is 20.3 Å². The number of aryl methyl sites for hydroxylation is 2. The Hall–Kier alpha value is -2.77. The predicted molar refractivity (Wildman–Crippen MR) is 127 cm³/mol. The topological polar surface area (TPSA) is 56.8 Å². The first-order chi connectivity index (χ1) is 14.8. The molecule has 1 unspecified atom stereocenters. The number of aromatic nitrogens is 1. The first-order valence-corrected chi connectivity index (χ1v) is 11.3. The molecular weight excluding hydrogens is 408 g/mol. The molecule has 1 aliphatic rings. The maximum atomic E-state index is 13.6. The lowest BCUT2D eigenvalue weighted by Gasteiger charge is -2.24. The lowest BCUT2D eigenvalue weighted by Crippen LogP contribution is -2.41. The van der Waals surface area contributed by atoms with Crippen LogP contribution in [0.4, 0.5) is 10.8 Å². The number of fused-ring (bicyclic) bond motifs is 1. The monoisotopic (exact) mass is 436 g/mol. The van der Waals surface area contributed by atoms with E-state index in [-0.39, 0.29) is 24.2 Å². The van der Waals surface area contributed by atoms with E-state index in [0.717, 1.165) is 28.0 Å². The molecule has 1 aromatic heterocycles. The summed E-state index contributed by atoms with van der Waals surface area (Å²) >= 11 is 1.54. The third-order valence-electron chi connectivity index (χ3n) is 5.88. The van der Waals surface area contributed by atoms with Crippen LogP contribution >= 0.6 is 11.3 Å². The van der Waals surface area contributed by atoms with Gasteiger partial charge >= 0.3 is 0 Å². The van der Waals surface area contributed by atoms with Crippen molar-refractivity contribution in [1.29, 1.82) is 0 Å². The van der Waals surface area contributed by atoms with Gasteiger partial charge in [-0.15, -0.1) is 0 Å². The van der Waals surface area contributed by atoms with E-state index in [2.05, 4.69) is 30.9 Å². The molecule has 0 radical (unpaired) electrons. The van der Waals surface area contributed by atoms with Crippen LogP contribution in [-0.2, 0) is 9.59 Å². The highest BCUT2D eigenvalue weighted by molar-refractivity contribution is 7.22. The van der Waals surface area contributed by atoms with Crippen LogP contribution in [0.15, 0.2) is 42.5 Å². The van der Waals surface area contributed by atoms with Crippen molar-refractivity contribution in [1.82, 2.24) is 9.88 Å². The average molecular weight is 437 g/mol. The van der Waals surface area contributed by atoms with Crippen LogP contribution in [0.3, 0.4) is 0 Å². The van der Waals surface area contributed by atoms with Crippen molar-refractivity contribution >= 4 is 44.2 Å². The van der Waals surface area contributed by atoms with Gasteiger partial charge in [-0.3, -0.25) is 14.5 Å². The van der Waals surface area contributed by atoms with E-state index in [1.165, 1.54) is 5.56 Å². The van der Waals surface area contributed by atoms with Crippen LogP contribution in [-0.4, -0.2) is 55.4 Å². The molecule has 4 rings (SSSR count). The Bertz CT molecular complexity index is 1110. The van der Waals surface area contributed by atoms with Gasteiger partial charge in [0, 0.05) is 31.7 Å². The summed E-state index contributed by atoms with van der Waals surface area (Å²) in [6.07, 6.45) is 0.231. The van der Waals surface area contributed by atoms with Gasteiger partial charge in [-0.1, -0.05) is 35.6 Å². The zero-order chi connectivity index (χ0) is 22.1. The number of para-hydroxylation sites is 1. The van der Waals surface area contributed by atoms with Crippen LogP contribution in [0, 0.1) is 19.8 Å². The Morgan fingerprint density at radius 2 is 1.87 bits per heavy atom. The third-order valence-corrected chi connectivity index (χ3v) is 6.93. The molecular formula is C24H28N4O2S. The SMILES string of the molecule is Cc1ccc2sc(N(CCN(C)C)C(=O)C3CC(=O)N(c4ccccc4)C3)nc2c1C. The maximum absolute atomic E-state index is 13.6. The Kier molecular flexibility index (Phi) is 6.07. The molecule has 1 saturated heterocycles. The Labute approximate surface area is 187 Å². The second-order valence-corrected chi connectivity index (χ2v) is 9.39. The summed E-state index contributed by atoms with van der Waals surface area (Å²) in [5.74, 6) is -0.403. The number of carbonyl (C=O) groups excluding carboxylic acids is 2. The van der Waals surface area contributed by atoms with Crippen molar-refractivity contribution in [3.8, 4) is 0 Å². The van der Waals surface area contributed by atoms with Gasteiger partial charge in [-0.25, -0.2) is 4.98 Å². The minimum atomic E-state index is -0.371. The number of nitrogens with zero attached hydrogens (tertiary/aromatic N) is 4. The van der Waals surface area contributed by atoms with Crippen molar-refractivity contribution < 1.29 is 9.59 Å². The fourth-order valence-electron chi connectivity index (χ4n) is 3.88. The molecule has 1 atom stereocenters. The molecule has 6 nitrogen and oxygen atoms in total. The molecule has 0 spiro atoms. The van der Waals surface area contributed by atoms with Gasteiger partial charge in [0.1, 0.15) is 0 Å². The lowest BCUT2D eigenvalue weighted by atomic mass is 10.1. The zero-order valence-corrected chi connectivity index (χ0v) is 19.3. The zero-order valence-electron chi connectivity index (χ0n) is 18.5. The third kappa shape index (κ3) is 4.34. The van der Waals surface area contributed by atoms with Crippen LogP contribution < -0.4 is 9.80 Å². The highest BCUT2D eigenvalue weighted by Crippen LogP contribution is 2.34. The first-order valence-electron chi connectivity index (χ1n) is 10.5. The van der Waals surface area contributed by atoms with E-state index in [1.807, 2.05) is 44.4 Å². The number of carbonyl (C=O) groups is 2. The van der Waals surface area contributed by atoms with Crippen molar-refractivity contribution in [3.05, 3.63) is 53.6 Å². The summed E-state index contributed by atoms with van der Waals surface area (Å²) in [5.41, 5.74) is 4.13. The van der Waals surface area contributed by atoms with Gasteiger partial charge in [0.15, 0.2) is 5.13 Å². The number of anilines is 2. The summed E-state index contributed by atoms with van der Waals surface area (Å²) in [4.78, 5) is 36.7. The predicted octanol–water partition coefficient (Wildman–Crippen LogP) is 3.86. The first kappa shape index (κ1) is 21.5. The average Bonchev–Trinajstić information content (AvgIpc) is 3.35. The fraction of sp³-hybridized carbons (Fsp3) is 0.375. The molecule has 2 aromatic carbocycles. The normalized spacial score (nSPS) is 16.5. The molecule has 0 aliphatic carbocycles. The molecule has 0 bridgehead atoms. The van der Waals surface area contributed by atoms with Gasteiger partial charge in [0.2, 0.25) is 11.8 Å². The number of likely N-dealkylation sites (N-methyl/N-ethyl adjacent to an activating group) is 1. The molecule has 0 N–H and O–H groups in total. The van der Waals surface area contributed by atoms with Crippen molar-refractivity contribution in [2.24, 2.45) is 5.92 Å². The van der Waals surface area contributed by atoms with Crippen molar-refractivity contribution in [3.63, 3.8) is 0 Å². The van der Waals surface area contributed by atoms with Gasteiger partial charge in [0.05, 0.1) is 16.1 Å². The van der Waals surface area contributed by atoms with E-state index in [1.54, 1.807) is 21.1 Å². The molecule has 0 saturated carbocycles. The second kappa shape index (κ2) is 8.77. The van der Waals surface area contributed by atoms with Crippen LogP contribution in [0.1, 0.15) is 17.5 Å². The summed E-state index contributed by atoms with van der Waals surface area (Å²) < 4.78 is 1.08. The van der Waals surface area contributed by atoms with Crippen LogP contribution in [0.25, 0.3) is 10.2 Å². The van der Waals surface area contributed by atoms with Crippen molar-refractivity contribution in [2.75, 3.05) is 43.5 Å². The van der Waals surface area contributed by atoms with E-state index in [4.69, 9.17) is 4.98 Å². The molecule has 1 fully saturated rings. The molecule has 1 aliphatic heterocycles.